The van der Waals surface area contributed by atoms with Gasteiger partial charge in [-0.2, -0.15) is 0 Å². The summed E-state index contributed by atoms with van der Waals surface area (Å²) in [5.41, 5.74) is 2.24. The van der Waals surface area contributed by atoms with Gasteiger partial charge in [-0.05, 0) is 30.9 Å². The Morgan fingerprint density at radius 2 is 2.29 bits per heavy atom. The molecule has 2 heterocycles. The molecule has 3 rings (SSSR count). The highest BCUT2D eigenvalue weighted by molar-refractivity contribution is 5.55. The van der Waals surface area contributed by atoms with Crippen molar-refractivity contribution in [3.8, 4) is 0 Å². The standard InChI is InChI=1S/C16H24N4O/c1-19(12-13-6-7-13)16-14(11-17-8-10-21-2)20-9-4-3-5-15(20)18-16/h3-5,9,13,17H,6-8,10-12H2,1-2H3. The lowest BCUT2D eigenvalue weighted by molar-refractivity contribution is 0.199. The quantitative estimate of drug-likeness (QED) is 0.754. The molecule has 5 heteroatoms. The van der Waals surface area contributed by atoms with Gasteiger partial charge in [0.2, 0.25) is 0 Å². The Labute approximate surface area is 125 Å². The molecule has 1 aliphatic carbocycles. The van der Waals surface area contributed by atoms with Gasteiger partial charge in [0, 0.05) is 40.0 Å². The number of nitrogens with one attached hydrogen (secondary N) is 1. The molecule has 0 radical (unpaired) electrons. The molecular formula is C16H24N4O. The molecule has 0 saturated heterocycles. The van der Waals surface area contributed by atoms with Crippen LogP contribution in [0.3, 0.4) is 0 Å². The number of anilines is 1. The Balaban J connectivity index is 1.82. The van der Waals surface area contributed by atoms with Gasteiger partial charge in [-0.15, -0.1) is 0 Å². The predicted molar refractivity (Wildman–Crippen MR) is 84.8 cm³/mol. The molecule has 0 bridgehead atoms. The van der Waals surface area contributed by atoms with Gasteiger partial charge < -0.3 is 19.4 Å². The average Bonchev–Trinajstić information content (AvgIpc) is 3.23. The van der Waals surface area contributed by atoms with Gasteiger partial charge in [-0.1, -0.05) is 6.07 Å². The summed E-state index contributed by atoms with van der Waals surface area (Å²) in [5.74, 6) is 1.95. The minimum atomic E-state index is 0.726. The highest BCUT2D eigenvalue weighted by Gasteiger charge is 2.25. The van der Waals surface area contributed by atoms with Gasteiger partial charge in [-0.25, -0.2) is 4.98 Å². The summed E-state index contributed by atoms with van der Waals surface area (Å²) in [6, 6.07) is 6.15. The van der Waals surface area contributed by atoms with Crippen LogP contribution in [0.4, 0.5) is 5.82 Å². The zero-order chi connectivity index (χ0) is 14.7. The van der Waals surface area contributed by atoms with E-state index >= 15 is 0 Å². The molecule has 0 unspecified atom stereocenters. The number of imidazole rings is 1. The lowest BCUT2D eigenvalue weighted by atomic mass is 10.3. The van der Waals surface area contributed by atoms with Crippen LogP contribution >= 0.6 is 0 Å². The molecule has 0 aromatic carbocycles. The molecule has 0 aliphatic heterocycles. The van der Waals surface area contributed by atoms with E-state index in [0.717, 1.165) is 43.6 Å². The van der Waals surface area contributed by atoms with Crippen molar-refractivity contribution in [2.75, 3.05) is 38.8 Å². The second-order valence-electron chi connectivity index (χ2n) is 5.80. The number of ether oxygens (including phenoxy) is 1. The second kappa shape index (κ2) is 6.45. The molecule has 0 spiro atoms. The van der Waals surface area contributed by atoms with Crippen molar-refractivity contribution in [3.05, 3.63) is 30.1 Å². The van der Waals surface area contributed by atoms with E-state index in [2.05, 4.69) is 40.0 Å². The van der Waals surface area contributed by atoms with Crippen LogP contribution in [0, 0.1) is 5.92 Å². The molecule has 0 amide bonds. The topological polar surface area (TPSA) is 41.8 Å². The molecule has 1 N–H and O–H groups in total. The Morgan fingerprint density at radius 1 is 1.43 bits per heavy atom. The summed E-state index contributed by atoms with van der Waals surface area (Å²) >= 11 is 0. The summed E-state index contributed by atoms with van der Waals surface area (Å²) in [4.78, 5) is 7.11. The maximum absolute atomic E-state index is 5.09. The number of methoxy groups -OCH3 is 1. The van der Waals surface area contributed by atoms with Crippen LogP contribution in [0.25, 0.3) is 5.65 Å². The normalized spacial score (nSPS) is 14.8. The van der Waals surface area contributed by atoms with E-state index in [4.69, 9.17) is 9.72 Å². The SMILES string of the molecule is COCCNCc1c(N(C)CC2CC2)nc2ccccn12. The third kappa shape index (κ3) is 3.36. The van der Waals surface area contributed by atoms with E-state index in [1.165, 1.54) is 18.5 Å². The number of hydrogen-bond acceptors (Lipinski definition) is 4. The van der Waals surface area contributed by atoms with E-state index < -0.39 is 0 Å². The Hall–Kier alpha value is -1.59. The van der Waals surface area contributed by atoms with Crippen LogP contribution in [0.15, 0.2) is 24.4 Å². The molecule has 5 nitrogen and oxygen atoms in total. The minimum absolute atomic E-state index is 0.726. The Bertz CT molecular complexity index is 591. The number of aromatic nitrogens is 2. The molecule has 2 aromatic rings. The van der Waals surface area contributed by atoms with Crippen LogP contribution in [0.5, 0.6) is 0 Å². The number of nitrogens with zero attached hydrogens (tertiary/aromatic N) is 3. The molecule has 1 saturated carbocycles. The first kappa shape index (κ1) is 14.4. The third-order valence-corrected chi connectivity index (χ3v) is 3.97. The smallest absolute Gasteiger partial charge is 0.152 e. The molecule has 2 aromatic heterocycles. The van der Waals surface area contributed by atoms with Crippen molar-refractivity contribution in [1.29, 1.82) is 0 Å². The third-order valence-electron chi connectivity index (χ3n) is 3.97. The summed E-state index contributed by atoms with van der Waals surface area (Å²) in [6.07, 6.45) is 4.81. The first-order valence-electron chi connectivity index (χ1n) is 7.66. The Morgan fingerprint density at radius 3 is 3.05 bits per heavy atom. The Kier molecular flexibility index (Phi) is 4.41. The number of rotatable bonds is 8. The van der Waals surface area contributed by atoms with Crippen molar-refractivity contribution in [2.45, 2.75) is 19.4 Å². The van der Waals surface area contributed by atoms with Gasteiger partial charge >= 0.3 is 0 Å². The lowest BCUT2D eigenvalue weighted by Crippen LogP contribution is -2.25. The highest BCUT2D eigenvalue weighted by atomic mass is 16.5. The molecule has 1 fully saturated rings. The summed E-state index contributed by atoms with van der Waals surface area (Å²) < 4.78 is 7.27. The number of hydrogen-bond donors (Lipinski definition) is 1. The number of pyridine rings is 1. The fourth-order valence-corrected chi connectivity index (χ4v) is 2.66. The summed E-state index contributed by atoms with van der Waals surface area (Å²) in [6.45, 7) is 3.49. The van der Waals surface area contributed by atoms with Crippen molar-refractivity contribution < 1.29 is 4.74 Å². The molecular weight excluding hydrogens is 264 g/mol. The number of fused-ring (bicyclic) bond motifs is 1. The van der Waals surface area contributed by atoms with E-state index in [1.807, 2.05) is 6.07 Å². The summed E-state index contributed by atoms with van der Waals surface area (Å²) in [5, 5.41) is 3.43. The van der Waals surface area contributed by atoms with E-state index in [1.54, 1.807) is 7.11 Å². The maximum atomic E-state index is 5.09. The van der Waals surface area contributed by atoms with Crippen LogP contribution in [-0.4, -0.2) is 43.2 Å². The van der Waals surface area contributed by atoms with Gasteiger partial charge in [0.05, 0.1) is 12.3 Å². The molecule has 1 aliphatic rings. The second-order valence-corrected chi connectivity index (χ2v) is 5.80. The average molecular weight is 288 g/mol. The monoisotopic (exact) mass is 288 g/mol. The van der Waals surface area contributed by atoms with Crippen LogP contribution < -0.4 is 10.2 Å². The van der Waals surface area contributed by atoms with E-state index in [9.17, 15) is 0 Å². The van der Waals surface area contributed by atoms with Crippen LogP contribution in [-0.2, 0) is 11.3 Å². The van der Waals surface area contributed by atoms with Gasteiger partial charge in [0.15, 0.2) is 5.82 Å². The fraction of sp³-hybridized carbons (Fsp3) is 0.562. The van der Waals surface area contributed by atoms with E-state index in [0.29, 0.717) is 0 Å². The summed E-state index contributed by atoms with van der Waals surface area (Å²) in [7, 11) is 3.88. The van der Waals surface area contributed by atoms with Crippen molar-refractivity contribution in [2.24, 2.45) is 5.92 Å². The van der Waals surface area contributed by atoms with Gasteiger partial charge in [0.1, 0.15) is 5.65 Å². The molecule has 0 atom stereocenters. The first-order valence-corrected chi connectivity index (χ1v) is 7.66. The van der Waals surface area contributed by atoms with Gasteiger partial charge in [0.25, 0.3) is 0 Å². The van der Waals surface area contributed by atoms with Gasteiger partial charge in [-0.3, -0.25) is 0 Å². The van der Waals surface area contributed by atoms with Crippen LogP contribution in [0.1, 0.15) is 18.5 Å². The predicted octanol–water partition coefficient (Wildman–Crippen LogP) is 1.92. The van der Waals surface area contributed by atoms with Crippen molar-refractivity contribution in [3.63, 3.8) is 0 Å². The minimum Gasteiger partial charge on any atom is -0.383 e. The van der Waals surface area contributed by atoms with Crippen molar-refractivity contribution >= 4 is 11.5 Å². The van der Waals surface area contributed by atoms with E-state index in [-0.39, 0.29) is 0 Å². The lowest BCUT2D eigenvalue weighted by Gasteiger charge is -2.18. The zero-order valence-electron chi connectivity index (χ0n) is 12.9. The maximum Gasteiger partial charge on any atom is 0.152 e. The van der Waals surface area contributed by atoms with Crippen LogP contribution in [0.2, 0.25) is 0 Å². The zero-order valence-corrected chi connectivity index (χ0v) is 12.9. The fourth-order valence-electron chi connectivity index (χ4n) is 2.66. The highest BCUT2D eigenvalue weighted by Crippen LogP contribution is 2.31. The van der Waals surface area contributed by atoms with Crippen molar-refractivity contribution in [1.82, 2.24) is 14.7 Å². The molecule has 114 valence electrons. The first-order chi connectivity index (χ1) is 10.3. The largest absolute Gasteiger partial charge is 0.383 e. The molecule has 21 heavy (non-hydrogen) atoms.